The fourth-order valence-electron chi connectivity index (χ4n) is 3.17. The number of nitrogens with zero attached hydrogens (tertiary/aromatic N) is 4. The van der Waals surface area contributed by atoms with Crippen LogP contribution in [0.25, 0.3) is 0 Å². The van der Waals surface area contributed by atoms with Gasteiger partial charge in [-0.1, -0.05) is 6.07 Å². The van der Waals surface area contributed by atoms with Crippen molar-refractivity contribution in [2.45, 2.75) is 44.3 Å². The highest BCUT2D eigenvalue weighted by Gasteiger charge is 2.39. The highest BCUT2D eigenvalue weighted by molar-refractivity contribution is 5.80. The highest BCUT2D eigenvalue weighted by atomic mass is 19.4. The largest absolute Gasteiger partial charge is 0.490 e. The Morgan fingerprint density at radius 3 is 2.08 bits per heavy atom. The van der Waals surface area contributed by atoms with Gasteiger partial charge in [0.1, 0.15) is 6.04 Å². The molecule has 1 aliphatic heterocycles. The number of carboxylic acid groups (broad SMARTS) is 2. The molecule has 0 saturated heterocycles. The van der Waals surface area contributed by atoms with Crippen molar-refractivity contribution in [3.05, 3.63) is 48.0 Å². The molecule has 16 heteroatoms. The van der Waals surface area contributed by atoms with E-state index in [0.717, 1.165) is 36.8 Å². The summed E-state index contributed by atoms with van der Waals surface area (Å²) in [6.45, 7) is 3.23. The zero-order valence-corrected chi connectivity index (χ0v) is 19.0. The van der Waals surface area contributed by atoms with Crippen molar-refractivity contribution < 1.29 is 50.9 Å². The number of hydrogen-bond donors (Lipinski definition) is 3. The summed E-state index contributed by atoms with van der Waals surface area (Å²) < 4.78 is 65.3. The van der Waals surface area contributed by atoms with E-state index < -0.39 is 24.3 Å². The lowest BCUT2D eigenvalue weighted by Gasteiger charge is -2.33. The third kappa shape index (κ3) is 10.1. The summed E-state index contributed by atoms with van der Waals surface area (Å²) in [6, 6.07) is 5.61. The van der Waals surface area contributed by atoms with Crippen LogP contribution in [0.3, 0.4) is 0 Å². The van der Waals surface area contributed by atoms with Gasteiger partial charge in [-0.25, -0.2) is 9.59 Å². The van der Waals surface area contributed by atoms with Crippen molar-refractivity contribution in [3.8, 4) is 0 Å². The van der Waals surface area contributed by atoms with Crippen molar-refractivity contribution >= 4 is 17.8 Å². The third-order valence-corrected chi connectivity index (χ3v) is 5.05. The maximum Gasteiger partial charge on any atom is 0.490 e. The molecule has 1 atom stereocenters. The molecule has 1 unspecified atom stereocenters. The number of rotatable bonds is 5. The van der Waals surface area contributed by atoms with Gasteiger partial charge in [0.05, 0.1) is 5.69 Å². The summed E-state index contributed by atoms with van der Waals surface area (Å²) in [5, 5.41) is 21.6. The van der Waals surface area contributed by atoms with Gasteiger partial charge in [-0.15, -0.1) is 0 Å². The summed E-state index contributed by atoms with van der Waals surface area (Å²) >= 11 is 0. The topological polar surface area (TPSA) is 138 Å². The van der Waals surface area contributed by atoms with E-state index in [0.29, 0.717) is 6.54 Å². The smallest absolute Gasteiger partial charge is 0.475 e. The number of alkyl halides is 6. The quantitative estimate of drug-likeness (QED) is 0.494. The van der Waals surface area contributed by atoms with E-state index in [9.17, 15) is 31.1 Å². The number of aromatic nitrogens is 3. The molecule has 0 radical (unpaired) electrons. The molecule has 204 valence electrons. The Bertz CT molecular complexity index is 1030. The summed E-state index contributed by atoms with van der Waals surface area (Å²) in [6.07, 6.45) is -2.21. The Labute approximate surface area is 205 Å². The van der Waals surface area contributed by atoms with Crippen LogP contribution in [0.4, 0.5) is 26.3 Å². The van der Waals surface area contributed by atoms with Gasteiger partial charge in [0.2, 0.25) is 5.91 Å². The standard InChI is InChI=1S/C17H21N5O.2C2HF3O2/c23-17(19-9-14-2-1-6-18-8-14)16-12-21(10-13-3-4-13)11-15-5-7-20-22(15)16;2*3-2(4,5)1(6)7/h1-2,5-8,13,16H,3-4,9-12H2,(H,19,23);2*(H,6,7). The Morgan fingerprint density at radius 1 is 1.00 bits per heavy atom. The molecule has 10 nitrogen and oxygen atoms in total. The molecular formula is C21H23F6N5O5. The monoisotopic (exact) mass is 539 g/mol. The first-order valence-electron chi connectivity index (χ1n) is 10.7. The molecule has 1 aliphatic carbocycles. The number of pyridine rings is 1. The van der Waals surface area contributed by atoms with E-state index in [1.807, 2.05) is 22.9 Å². The molecule has 37 heavy (non-hydrogen) atoms. The van der Waals surface area contributed by atoms with Gasteiger partial charge in [0.15, 0.2) is 0 Å². The Kier molecular flexibility index (Phi) is 9.99. The van der Waals surface area contributed by atoms with Crippen LogP contribution >= 0.6 is 0 Å². The zero-order chi connectivity index (χ0) is 27.8. The van der Waals surface area contributed by atoms with E-state index in [1.165, 1.54) is 12.8 Å². The molecule has 3 heterocycles. The van der Waals surface area contributed by atoms with Gasteiger partial charge in [-0.05, 0) is 36.5 Å². The Hall–Kier alpha value is -3.69. The van der Waals surface area contributed by atoms with E-state index in [1.54, 1.807) is 18.6 Å². The van der Waals surface area contributed by atoms with Crippen LogP contribution in [0, 0.1) is 5.92 Å². The van der Waals surface area contributed by atoms with Gasteiger partial charge < -0.3 is 15.5 Å². The van der Waals surface area contributed by atoms with Crippen molar-refractivity contribution in [2.75, 3.05) is 13.1 Å². The fourth-order valence-corrected chi connectivity index (χ4v) is 3.17. The van der Waals surface area contributed by atoms with Crippen molar-refractivity contribution in [3.63, 3.8) is 0 Å². The molecule has 1 saturated carbocycles. The number of hydrogen-bond acceptors (Lipinski definition) is 6. The number of fused-ring (bicyclic) bond motifs is 1. The minimum Gasteiger partial charge on any atom is -0.475 e. The van der Waals surface area contributed by atoms with E-state index in [4.69, 9.17) is 19.8 Å². The second-order valence-electron chi connectivity index (χ2n) is 8.11. The van der Waals surface area contributed by atoms with Gasteiger partial charge >= 0.3 is 24.3 Å². The van der Waals surface area contributed by atoms with Gasteiger partial charge in [-0.3, -0.25) is 19.4 Å². The molecule has 1 fully saturated rings. The number of aliphatic carboxylic acids is 2. The summed E-state index contributed by atoms with van der Waals surface area (Å²) in [7, 11) is 0. The molecule has 4 rings (SSSR count). The molecule has 0 spiro atoms. The number of amides is 1. The molecule has 1 amide bonds. The van der Waals surface area contributed by atoms with Gasteiger partial charge in [0, 0.05) is 44.8 Å². The Morgan fingerprint density at radius 2 is 1.59 bits per heavy atom. The highest BCUT2D eigenvalue weighted by Crippen LogP contribution is 2.32. The summed E-state index contributed by atoms with van der Waals surface area (Å²) in [5.74, 6) is -4.66. The first-order chi connectivity index (χ1) is 17.2. The maximum absolute atomic E-state index is 12.7. The first kappa shape index (κ1) is 29.5. The van der Waals surface area contributed by atoms with E-state index >= 15 is 0 Å². The van der Waals surface area contributed by atoms with Crippen LogP contribution in [-0.2, 0) is 27.5 Å². The second-order valence-corrected chi connectivity index (χ2v) is 8.11. The fraction of sp³-hybridized carbons (Fsp3) is 0.476. The normalized spacial score (nSPS) is 17.3. The number of carboxylic acids is 2. The minimum atomic E-state index is -5.08. The lowest BCUT2D eigenvalue weighted by molar-refractivity contribution is -0.193. The van der Waals surface area contributed by atoms with Crippen LogP contribution in [0.15, 0.2) is 36.8 Å². The van der Waals surface area contributed by atoms with Crippen LogP contribution in [0.5, 0.6) is 0 Å². The van der Waals surface area contributed by atoms with Crippen LogP contribution in [0.2, 0.25) is 0 Å². The van der Waals surface area contributed by atoms with E-state index in [2.05, 4.69) is 20.3 Å². The van der Waals surface area contributed by atoms with Crippen LogP contribution < -0.4 is 5.32 Å². The number of nitrogens with one attached hydrogen (secondary N) is 1. The number of carbonyl (C=O) groups is 3. The summed E-state index contributed by atoms with van der Waals surface area (Å²) in [5.41, 5.74) is 2.13. The zero-order valence-electron chi connectivity index (χ0n) is 19.0. The van der Waals surface area contributed by atoms with Crippen molar-refractivity contribution in [2.24, 2.45) is 5.92 Å². The molecular weight excluding hydrogens is 516 g/mol. The maximum atomic E-state index is 12.7. The van der Waals surface area contributed by atoms with Crippen molar-refractivity contribution in [1.82, 2.24) is 25.0 Å². The molecule has 2 aromatic rings. The van der Waals surface area contributed by atoms with Crippen LogP contribution in [-0.4, -0.2) is 73.2 Å². The van der Waals surface area contributed by atoms with Gasteiger partial charge in [-0.2, -0.15) is 31.4 Å². The van der Waals surface area contributed by atoms with Crippen LogP contribution in [0.1, 0.15) is 30.1 Å². The molecule has 3 N–H and O–H groups in total. The number of carbonyl (C=O) groups excluding carboxylic acids is 1. The average Bonchev–Trinajstić information content (AvgIpc) is 3.50. The SMILES string of the molecule is O=C(NCc1cccnc1)C1CN(CC2CC2)Cc2ccnn21.O=C(O)C(F)(F)F.O=C(O)C(F)(F)F. The molecule has 0 bridgehead atoms. The van der Waals surface area contributed by atoms with Gasteiger partial charge in [0.25, 0.3) is 0 Å². The molecule has 2 aliphatic rings. The molecule has 0 aromatic carbocycles. The second kappa shape index (κ2) is 12.5. The number of halogens is 6. The van der Waals surface area contributed by atoms with E-state index in [-0.39, 0.29) is 11.9 Å². The predicted octanol–water partition coefficient (Wildman–Crippen LogP) is 2.63. The van der Waals surface area contributed by atoms with Crippen molar-refractivity contribution in [1.29, 1.82) is 0 Å². The lowest BCUT2D eigenvalue weighted by atomic mass is 10.1. The minimum absolute atomic E-state index is 0.0271. The lowest BCUT2D eigenvalue weighted by Crippen LogP contribution is -2.45. The predicted molar refractivity (Wildman–Crippen MR) is 113 cm³/mol. The average molecular weight is 539 g/mol. The first-order valence-corrected chi connectivity index (χ1v) is 10.7. The molecule has 2 aromatic heterocycles. The summed E-state index contributed by atoms with van der Waals surface area (Å²) in [4.78, 5) is 36.9. The Balaban J connectivity index is 0.000000286. The third-order valence-electron chi connectivity index (χ3n) is 5.05.